The summed E-state index contributed by atoms with van der Waals surface area (Å²) >= 11 is 0. The number of aliphatic carboxylic acids is 1. The molecular weight excluding hydrogens is 286 g/mol. The summed E-state index contributed by atoms with van der Waals surface area (Å²) in [5.41, 5.74) is 0.348. The second-order valence-electron chi connectivity index (χ2n) is 4.25. The number of carbonyl (C=O) groups is 1. The van der Waals surface area contributed by atoms with Gasteiger partial charge in [-0.1, -0.05) is 12.1 Å². The summed E-state index contributed by atoms with van der Waals surface area (Å²) in [6.45, 7) is -0.210. The fourth-order valence-electron chi connectivity index (χ4n) is 1.89. The lowest BCUT2D eigenvalue weighted by Crippen LogP contribution is -2.48. The molecule has 1 aliphatic rings. The molecule has 0 aromatic heterocycles. The Bertz CT molecular complexity index is 600. The summed E-state index contributed by atoms with van der Waals surface area (Å²) < 4.78 is 35.7. The van der Waals surface area contributed by atoms with E-state index in [1.807, 2.05) is 0 Å². The molecule has 1 aliphatic heterocycles. The minimum atomic E-state index is -3.66. The topological polar surface area (TPSA) is 93.1 Å². The summed E-state index contributed by atoms with van der Waals surface area (Å²) in [5, 5.41) is 9.05. The molecule has 0 bridgehead atoms. The van der Waals surface area contributed by atoms with Gasteiger partial charge in [-0.25, -0.2) is 13.2 Å². The molecule has 0 aliphatic carbocycles. The lowest BCUT2D eigenvalue weighted by atomic mass is 10.2. The van der Waals surface area contributed by atoms with Crippen molar-refractivity contribution in [2.24, 2.45) is 0 Å². The van der Waals surface area contributed by atoms with E-state index in [-0.39, 0.29) is 24.7 Å². The van der Waals surface area contributed by atoms with Crippen LogP contribution in [0, 0.1) is 0 Å². The highest BCUT2D eigenvalue weighted by atomic mass is 32.2. The monoisotopic (exact) mass is 301 g/mol. The lowest BCUT2D eigenvalue weighted by molar-refractivity contribution is -0.144. The van der Waals surface area contributed by atoms with Gasteiger partial charge in [-0.3, -0.25) is 4.31 Å². The Balaban J connectivity index is 2.38. The van der Waals surface area contributed by atoms with E-state index in [1.54, 1.807) is 24.3 Å². The second-order valence-corrected chi connectivity index (χ2v) is 6.27. The molecule has 1 aromatic rings. The molecule has 110 valence electrons. The van der Waals surface area contributed by atoms with Crippen LogP contribution in [-0.4, -0.2) is 51.6 Å². The van der Waals surface area contributed by atoms with E-state index in [0.717, 1.165) is 4.31 Å². The lowest BCUT2D eigenvalue weighted by Gasteiger charge is -2.33. The first-order valence-electron chi connectivity index (χ1n) is 5.93. The van der Waals surface area contributed by atoms with Gasteiger partial charge in [-0.15, -0.1) is 0 Å². The molecule has 0 amide bonds. The number of para-hydroxylation sites is 2. The number of ether oxygens (including phenoxy) is 2. The van der Waals surface area contributed by atoms with Crippen LogP contribution in [0.4, 0.5) is 5.69 Å². The van der Waals surface area contributed by atoms with E-state index in [1.165, 1.54) is 7.11 Å². The molecule has 0 saturated carbocycles. The van der Waals surface area contributed by atoms with Crippen molar-refractivity contribution >= 4 is 21.7 Å². The van der Waals surface area contributed by atoms with Gasteiger partial charge in [0.25, 0.3) is 0 Å². The number of carboxylic acids is 1. The first-order chi connectivity index (χ1) is 9.45. The van der Waals surface area contributed by atoms with Crippen molar-refractivity contribution in [2.75, 3.05) is 30.3 Å². The normalized spacial score (nSPS) is 18.2. The molecule has 1 aromatic carbocycles. The van der Waals surface area contributed by atoms with Gasteiger partial charge < -0.3 is 14.6 Å². The van der Waals surface area contributed by atoms with E-state index in [9.17, 15) is 13.2 Å². The summed E-state index contributed by atoms with van der Waals surface area (Å²) in [5.74, 6) is -1.18. The van der Waals surface area contributed by atoms with Crippen LogP contribution in [0.5, 0.6) is 5.75 Å². The molecule has 0 radical (unpaired) electrons. The zero-order valence-electron chi connectivity index (χ0n) is 10.9. The molecule has 0 fully saturated rings. The van der Waals surface area contributed by atoms with Crippen LogP contribution >= 0.6 is 0 Å². The van der Waals surface area contributed by atoms with Crippen LogP contribution in [0.2, 0.25) is 0 Å². The maximum Gasteiger partial charge on any atom is 0.346 e. The van der Waals surface area contributed by atoms with E-state index in [0.29, 0.717) is 5.69 Å². The summed E-state index contributed by atoms with van der Waals surface area (Å²) in [6, 6.07) is 6.45. The van der Waals surface area contributed by atoms with Crippen molar-refractivity contribution in [1.82, 2.24) is 0 Å². The molecule has 1 N–H and O–H groups in total. The van der Waals surface area contributed by atoms with Gasteiger partial charge in [0.2, 0.25) is 16.1 Å². The van der Waals surface area contributed by atoms with E-state index in [4.69, 9.17) is 14.6 Å². The first-order valence-corrected chi connectivity index (χ1v) is 7.54. The Hall–Kier alpha value is -1.80. The summed E-state index contributed by atoms with van der Waals surface area (Å²) in [7, 11) is -2.25. The van der Waals surface area contributed by atoms with Crippen molar-refractivity contribution in [1.29, 1.82) is 0 Å². The minimum Gasteiger partial charge on any atom is -0.478 e. The Morgan fingerprint density at radius 1 is 1.50 bits per heavy atom. The molecule has 7 nitrogen and oxygen atoms in total. The van der Waals surface area contributed by atoms with E-state index < -0.39 is 22.1 Å². The van der Waals surface area contributed by atoms with Gasteiger partial charge in [-0.05, 0) is 12.1 Å². The molecule has 0 spiro atoms. The van der Waals surface area contributed by atoms with Crippen molar-refractivity contribution in [2.45, 2.75) is 6.10 Å². The number of hydrogen-bond donors (Lipinski definition) is 1. The maximum atomic E-state index is 12.3. The van der Waals surface area contributed by atoms with Crippen molar-refractivity contribution in [3.05, 3.63) is 24.3 Å². The fourth-order valence-corrected chi connectivity index (χ4v) is 3.30. The Morgan fingerprint density at radius 2 is 2.20 bits per heavy atom. The maximum absolute atomic E-state index is 12.3. The third-order valence-corrected chi connectivity index (χ3v) is 4.59. The number of fused-ring (bicyclic) bond motifs is 1. The molecule has 8 heteroatoms. The van der Waals surface area contributed by atoms with Gasteiger partial charge >= 0.3 is 5.97 Å². The van der Waals surface area contributed by atoms with Gasteiger partial charge in [0.1, 0.15) is 5.75 Å². The van der Waals surface area contributed by atoms with Crippen LogP contribution in [-0.2, 0) is 19.6 Å². The van der Waals surface area contributed by atoms with Crippen molar-refractivity contribution < 1.29 is 27.8 Å². The predicted octanol–water partition coefficient (Wildman–Crippen LogP) is 0.315. The van der Waals surface area contributed by atoms with Crippen molar-refractivity contribution in [3.63, 3.8) is 0 Å². The summed E-state index contributed by atoms with van der Waals surface area (Å²) in [4.78, 5) is 11.1. The van der Waals surface area contributed by atoms with Crippen LogP contribution < -0.4 is 9.04 Å². The molecule has 2 rings (SSSR count). The van der Waals surface area contributed by atoms with Crippen LogP contribution in [0.1, 0.15) is 0 Å². The number of nitrogens with zero attached hydrogens (tertiary/aromatic N) is 1. The summed E-state index contributed by atoms with van der Waals surface area (Å²) in [6.07, 6.45) is -1.22. The number of anilines is 1. The number of rotatable bonds is 5. The Kier molecular flexibility index (Phi) is 4.15. The highest BCUT2D eigenvalue weighted by Crippen LogP contribution is 2.34. The number of benzene rings is 1. The zero-order valence-corrected chi connectivity index (χ0v) is 11.7. The number of methoxy groups -OCH3 is 1. The van der Waals surface area contributed by atoms with Crippen LogP contribution in [0.15, 0.2) is 24.3 Å². The predicted molar refractivity (Wildman–Crippen MR) is 71.5 cm³/mol. The van der Waals surface area contributed by atoms with Gasteiger partial charge in [-0.2, -0.15) is 0 Å². The highest BCUT2D eigenvalue weighted by molar-refractivity contribution is 7.92. The Labute approximate surface area is 116 Å². The number of carboxylic acid groups (broad SMARTS) is 1. The van der Waals surface area contributed by atoms with E-state index in [2.05, 4.69) is 0 Å². The molecule has 1 atom stereocenters. The number of sulfonamides is 1. The van der Waals surface area contributed by atoms with Gasteiger partial charge in [0, 0.05) is 7.11 Å². The average molecular weight is 301 g/mol. The Morgan fingerprint density at radius 3 is 2.85 bits per heavy atom. The first kappa shape index (κ1) is 14.6. The largest absolute Gasteiger partial charge is 0.478 e. The third-order valence-electron chi connectivity index (χ3n) is 2.89. The molecular formula is C12H15NO6S. The van der Waals surface area contributed by atoms with Crippen molar-refractivity contribution in [3.8, 4) is 5.75 Å². The molecule has 1 unspecified atom stereocenters. The standard InChI is InChI=1S/C12H15NO6S/c1-18-6-7-20(16,17)13-8-11(12(14)15)19-10-5-3-2-4-9(10)13/h2-5,11H,6-8H2,1H3,(H,14,15). The van der Waals surface area contributed by atoms with Gasteiger partial charge in [0.15, 0.2) is 0 Å². The van der Waals surface area contributed by atoms with Crippen LogP contribution in [0.25, 0.3) is 0 Å². The number of hydrogen-bond acceptors (Lipinski definition) is 5. The zero-order chi connectivity index (χ0) is 14.8. The van der Waals surface area contributed by atoms with Crippen LogP contribution in [0.3, 0.4) is 0 Å². The fraction of sp³-hybridized carbons (Fsp3) is 0.417. The molecule has 20 heavy (non-hydrogen) atoms. The average Bonchev–Trinajstić information content (AvgIpc) is 2.43. The molecule has 1 heterocycles. The minimum absolute atomic E-state index is 0.0413. The second kappa shape index (κ2) is 5.68. The third kappa shape index (κ3) is 2.86. The van der Waals surface area contributed by atoms with E-state index >= 15 is 0 Å². The SMILES string of the molecule is COCCS(=O)(=O)N1CC(C(=O)O)Oc2ccccc21. The van der Waals surface area contributed by atoms with Gasteiger partial charge in [0.05, 0.1) is 24.6 Å². The molecule has 0 saturated heterocycles. The smallest absolute Gasteiger partial charge is 0.346 e. The highest BCUT2D eigenvalue weighted by Gasteiger charge is 2.36. The quantitative estimate of drug-likeness (QED) is 0.841.